The second-order valence-electron chi connectivity index (χ2n) is 3.83. The number of hydrogen-bond donors (Lipinski definition) is 1. The molecule has 0 heterocycles. The summed E-state index contributed by atoms with van der Waals surface area (Å²) in [5.41, 5.74) is 1.11. The Hall–Kier alpha value is -1.07. The third-order valence-electron chi connectivity index (χ3n) is 2.53. The number of nitrogens with zero attached hydrogens (tertiary/aromatic N) is 1. The van der Waals surface area contributed by atoms with Gasteiger partial charge in [-0.25, -0.2) is 0 Å². The van der Waals surface area contributed by atoms with Gasteiger partial charge in [-0.2, -0.15) is 8.42 Å². The Balaban J connectivity index is 2.39. The highest BCUT2D eigenvalue weighted by molar-refractivity contribution is 7.85. The average molecular weight is 256 g/mol. The van der Waals surface area contributed by atoms with E-state index in [1.54, 1.807) is 0 Å². The quantitative estimate of drug-likeness (QED) is 0.598. The lowest BCUT2D eigenvalue weighted by molar-refractivity contribution is 0.480. The summed E-state index contributed by atoms with van der Waals surface area (Å²) in [7, 11) is -3.82. The Labute approximate surface area is 103 Å². The first-order valence-corrected chi connectivity index (χ1v) is 7.30. The summed E-state index contributed by atoms with van der Waals surface area (Å²) >= 11 is 0. The molecule has 0 unspecified atom stereocenters. The second kappa shape index (κ2) is 6.61. The highest BCUT2D eigenvalue weighted by Gasteiger charge is 2.06. The zero-order chi connectivity index (χ0) is 12.7. The predicted molar refractivity (Wildman–Crippen MR) is 68.8 cm³/mol. The fourth-order valence-electron chi connectivity index (χ4n) is 1.65. The monoisotopic (exact) mass is 256 g/mol. The van der Waals surface area contributed by atoms with Crippen molar-refractivity contribution in [1.82, 2.24) is 0 Å². The van der Waals surface area contributed by atoms with Crippen molar-refractivity contribution in [3.63, 3.8) is 0 Å². The van der Waals surface area contributed by atoms with Crippen LogP contribution in [0.2, 0.25) is 0 Å². The minimum atomic E-state index is -3.82. The fourth-order valence-corrected chi connectivity index (χ4v) is 2.21. The normalized spacial score (nSPS) is 11.4. The van der Waals surface area contributed by atoms with Crippen LogP contribution in [0.1, 0.15) is 19.8 Å². The number of unbranched alkanes of at least 4 members (excludes halogenated alkanes) is 1. The van der Waals surface area contributed by atoms with Crippen LogP contribution in [-0.4, -0.2) is 31.8 Å². The Morgan fingerprint density at radius 3 is 2.47 bits per heavy atom. The van der Waals surface area contributed by atoms with Crippen LogP contribution in [0.4, 0.5) is 5.69 Å². The van der Waals surface area contributed by atoms with Crippen LogP contribution < -0.4 is 4.90 Å². The van der Waals surface area contributed by atoms with Gasteiger partial charge in [-0.15, -0.1) is 0 Å². The molecule has 17 heavy (non-hydrogen) atoms. The molecular weight excluding hydrogens is 238 g/mol. The molecule has 4 nitrogen and oxygen atoms in total. The summed E-state index contributed by atoms with van der Waals surface area (Å²) in [6.45, 7) is 3.71. The first-order chi connectivity index (χ1) is 8.03. The molecule has 0 amide bonds. The average Bonchev–Trinajstić information content (AvgIpc) is 2.29. The van der Waals surface area contributed by atoms with Crippen molar-refractivity contribution in [3.8, 4) is 0 Å². The molecule has 1 aromatic rings. The molecule has 0 aliphatic rings. The summed E-state index contributed by atoms with van der Waals surface area (Å²) in [6, 6.07) is 10.6. The molecule has 0 aromatic heterocycles. The molecule has 0 saturated carbocycles. The van der Waals surface area contributed by atoms with Crippen LogP contribution in [-0.2, 0) is 10.1 Å². The summed E-state index contributed by atoms with van der Waals surface area (Å²) in [4.78, 5) is 2.16. The van der Waals surface area contributed by atoms with E-state index < -0.39 is 10.1 Å². The largest absolute Gasteiger partial charge is 0.372 e. The summed E-state index contributed by atoms with van der Waals surface area (Å²) in [6.07, 6.45) is 1.22. The molecule has 0 fully saturated rings. The minimum absolute atomic E-state index is 0.160. The zero-order valence-electron chi connectivity index (χ0n) is 9.96. The molecule has 0 spiro atoms. The zero-order valence-corrected chi connectivity index (χ0v) is 10.8. The SMILES string of the molecule is CCN(CCCCS(=O)(=O)O)c1cc[c]cc1. The highest BCUT2D eigenvalue weighted by Crippen LogP contribution is 2.13. The van der Waals surface area contributed by atoms with E-state index in [2.05, 4.69) is 17.9 Å². The third kappa shape index (κ3) is 5.70. The van der Waals surface area contributed by atoms with E-state index in [0.717, 1.165) is 25.2 Å². The van der Waals surface area contributed by atoms with Gasteiger partial charge in [-0.3, -0.25) is 4.55 Å². The highest BCUT2D eigenvalue weighted by atomic mass is 32.2. The Bertz CT molecular complexity index is 417. The Kier molecular flexibility index (Phi) is 5.44. The number of rotatable bonds is 7. The van der Waals surface area contributed by atoms with Crippen LogP contribution in [0.25, 0.3) is 0 Å². The molecule has 0 aliphatic carbocycles. The maximum Gasteiger partial charge on any atom is 0.264 e. The Morgan fingerprint density at radius 1 is 1.29 bits per heavy atom. The lowest BCUT2D eigenvalue weighted by Gasteiger charge is -2.22. The molecule has 5 heteroatoms. The smallest absolute Gasteiger partial charge is 0.264 e. The lowest BCUT2D eigenvalue weighted by Crippen LogP contribution is -2.24. The molecule has 0 aliphatic heterocycles. The molecule has 1 radical (unpaired) electrons. The van der Waals surface area contributed by atoms with Gasteiger partial charge in [0.05, 0.1) is 5.75 Å². The molecule has 0 bridgehead atoms. The van der Waals surface area contributed by atoms with Gasteiger partial charge in [-0.05, 0) is 38.0 Å². The second-order valence-corrected chi connectivity index (χ2v) is 5.40. The van der Waals surface area contributed by atoms with E-state index in [4.69, 9.17) is 4.55 Å². The van der Waals surface area contributed by atoms with E-state index in [1.165, 1.54) is 0 Å². The first kappa shape index (κ1) is 14.0. The number of benzene rings is 1. The van der Waals surface area contributed by atoms with Crippen LogP contribution in [0, 0.1) is 6.07 Å². The van der Waals surface area contributed by atoms with Crippen LogP contribution in [0.3, 0.4) is 0 Å². The van der Waals surface area contributed by atoms with Gasteiger partial charge in [0.2, 0.25) is 0 Å². The minimum Gasteiger partial charge on any atom is -0.372 e. The molecule has 1 N–H and O–H groups in total. The molecule has 1 aromatic carbocycles. The van der Waals surface area contributed by atoms with Crippen molar-refractivity contribution in [3.05, 3.63) is 30.3 Å². The van der Waals surface area contributed by atoms with E-state index in [0.29, 0.717) is 6.42 Å². The van der Waals surface area contributed by atoms with Gasteiger partial charge in [0.25, 0.3) is 10.1 Å². The molecular formula is C12H18NO3S. The van der Waals surface area contributed by atoms with Crippen LogP contribution in [0.15, 0.2) is 24.3 Å². The van der Waals surface area contributed by atoms with E-state index >= 15 is 0 Å². The summed E-state index contributed by atoms with van der Waals surface area (Å²) < 4.78 is 29.7. The van der Waals surface area contributed by atoms with Crippen molar-refractivity contribution in [2.45, 2.75) is 19.8 Å². The van der Waals surface area contributed by atoms with Crippen molar-refractivity contribution in [2.75, 3.05) is 23.7 Å². The van der Waals surface area contributed by atoms with Crippen molar-refractivity contribution < 1.29 is 13.0 Å². The van der Waals surface area contributed by atoms with E-state index in [-0.39, 0.29) is 5.75 Å². The Morgan fingerprint density at radius 2 is 1.94 bits per heavy atom. The summed E-state index contributed by atoms with van der Waals surface area (Å²) in [5.74, 6) is -0.160. The van der Waals surface area contributed by atoms with Crippen LogP contribution >= 0.6 is 0 Å². The van der Waals surface area contributed by atoms with Gasteiger partial charge in [0.1, 0.15) is 0 Å². The first-order valence-electron chi connectivity index (χ1n) is 5.69. The van der Waals surface area contributed by atoms with Gasteiger partial charge in [0.15, 0.2) is 0 Å². The maximum atomic E-state index is 10.6. The van der Waals surface area contributed by atoms with Gasteiger partial charge in [0, 0.05) is 18.8 Å². The van der Waals surface area contributed by atoms with Crippen molar-refractivity contribution in [1.29, 1.82) is 0 Å². The van der Waals surface area contributed by atoms with Crippen LogP contribution in [0.5, 0.6) is 0 Å². The molecule has 0 atom stereocenters. The maximum absolute atomic E-state index is 10.6. The van der Waals surface area contributed by atoms with Gasteiger partial charge >= 0.3 is 0 Å². The van der Waals surface area contributed by atoms with Crippen molar-refractivity contribution >= 4 is 15.8 Å². The lowest BCUT2D eigenvalue weighted by atomic mass is 10.2. The van der Waals surface area contributed by atoms with Crippen molar-refractivity contribution in [2.24, 2.45) is 0 Å². The molecule has 95 valence electrons. The number of anilines is 1. The predicted octanol–water partition coefficient (Wildman–Crippen LogP) is 1.98. The number of hydrogen-bond acceptors (Lipinski definition) is 3. The summed E-state index contributed by atoms with van der Waals surface area (Å²) in [5, 5.41) is 0. The molecule has 1 rings (SSSR count). The molecule has 0 saturated heterocycles. The fraction of sp³-hybridized carbons (Fsp3) is 0.500. The third-order valence-corrected chi connectivity index (χ3v) is 3.33. The van der Waals surface area contributed by atoms with Gasteiger partial charge < -0.3 is 4.90 Å². The van der Waals surface area contributed by atoms with E-state index in [9.17, 15) is 8.42 Å². The van der Waals surface area contributed by atoms with Gasteiger partial charge in [-0.1, -0.05) is 12.1 Å². The van der Waals surface area contributed by atoms with E-state index in [1.807, 2.05) is 24.3 Å². The standard InChI is InChI=1S/C12H18NO3S/c1-2-13(12-8-4-3-5-9-12)10-6-7-11-17(14,15)16/h4-5,8-9H,2,6-7,10-11H2,1H3,(H,14,15,16). The topological polar surface area (TPSA) is 57.6 Å².